The van der Waals surface area contributed by atoms with Crippen LogP contribution in [0, 0.1) is 16.0 Å². The average Bonchev–Trinajstić information content (AvgIpc) is 2.46. The van der Waals surface area contributed by atoms with Gasteiger partial charge in [-0.25, -0.2) is 4.98 Å². The zero-order valence-electron chi connectivity index (χ0n) is 11.2. The summed E-state index contributed by atoms with van der Waals surface area (Å²) in [5, 5.41) is 11.1. The second kappa shape index (κ2) is 5.97. The van der Waals surface area contributed by atoms with E-state index in [-0.39, 0.29) is 16.7 Å². The molecule has 2 N–H and O–H groups in total. The maximum Gasteiger partial charge on any atom is 0.311 e. The van der Waals surface area contributed by atoms with Crippen molar-refractivity contribution in [3.05, 3.63) is 28.4 Å². The van der Waals surface area contributed by atoms with Crippen molar-refractivity contribution in [2.45, 2.75) is 32.2 Å². The fourth-order valence-corrected chi connectivity index (χ4v) is 2.76. The van der Waals surface area contributed by atoms with Gasteiger partial charge in [0.05, 0.1) is 4.92 Å². The van der Waals surface area contributed by atoms with E-state index in [0.717, 1.165) is 25.8 Å². The number of nitrogens with zero attached hydrogens (tertiary/aromatic N) is 3. The fourth-order valence-electron chi connectivity index (χ4n) is 2.76. The van der Waals surface area contributed by atoms with E-state index in [9.17, 15) is 10.1 Å². The van der Waals surface area contributed by atoms with E-state index in [1.54, 1.807) is 12.3 Å². The molecule has 0 bridgehead atoms. The van der Waals surface area contributed by atoms with Crippen molar-refractivity contribution in [1.29, 1.82) is 0 Å². The van der Waals surface area contributed by atoms with E-state index in [2.05, 4.69) is 11.9 Å². The molecular weight excluding hydrogens is 244 g/mol. The SMILES string of the molecule is CCC1CCN(c2ncccc2[N+](=O)[O-])C(CN)C1. The highest BCUT2D eigenvalue weighted by Crippen LogP contribution is 2.33. The van der Waals surface area contributed by atoms with Crippen molar-refractivity contribution in [3.63, 3.8) is 0 Å². The Morgan fingerprint density at radius 3 is 3.05 bits per heavy atom. The first-order chi connectivity index (χ1) is 9.17. The third kappa shape index (κ3) is 2.84. The van der Waals surface area contributed by atoms with Gasteiger partial charge < -0.3 is 10.6 Å². The number of nitrogens with two attached hydrogens (primary N) is 1. The predicted molar refractivity (Wildman–Crippen MR) is 74.1 cm³/mol. The van der Waals surface area contributed by atoms with Crippen LogP contribution in [-0.2, 0) is 0 Å². The van der Waals surface area contributed by atoms with E-state index < -0.39 is 0 Å². The summed E-state index contributed by atoms with van der Waals surface area (Å²) >= 11 is 0. The molecule has 2 unspecified atom stereocenters. The van der Waals surface area contributed by atoms with Crippen molar-refractivity contribution in [1.82, 2.24) is 4.98 Å². The van der Waals surface area contributed by atoms with Gasteiger partial charge in [-0.05, 0) is 24.8 Å². The number of anilines is 1. The first kappa shape index (κ1) is 13.7. The molecule has 0 spiro atoms. The number of hydrogen-bond acceptors (Lipinski definition) is 5. The molecule has 1 aromatic heterocycles. The Morgan fingerprint density at radius 2 is 2.42 bits per heavy atom. The lowest BCUT2D eigenvalue weighted by molar-refractivity contribution is -0.384. The molecule has 2 rings (SSSR count). The minimum atomic E-state index is -0.373. The van der Waals surface area contributed by atoms with Crippen molar-refractivity contribution < 1.29 is 4.92 Å². The topological polar surface area (TPSA) is 85.3 Å². The van der Waals surface area contributed by atoms with Crippen LogP contribution >= 0.6 is 0 Å². The van der Waals surface area contributed by atoms with Crippen LogP contribution in [0.25, 0.3) is 0 Å². The molecule has 1 aliphatic rings. The van der Waals surface area contributed by atoms with Crippen LogP contribution in [0.1, 0.15) is 26.2 Å². The van der Waals surface area contributed by atoms with Gasteiger partial charge in [-0.15, -0.1) is 0 Å². The van der Waals surface area contributed by atoms with Crippen molar-refractivity contribution >= 4 is 11.5 Å². The van der Waals surface area contributed by atoms with Crippen LogP contribution in [0.2, 0.25) is 0 Å². The number of rotatable bonds is 4. The summed E-state index contributed by atoms with van der Waals surface area (Å²) in [7, 11) is 0. The summed E-state index contributed by atoms with van der Waals surface area (Å²) in [6, 6.07) is 3.24. The third-order valence-corrected chi connectivity index (χ3v) is 3.91. The van der Waals surface area contributed by atoms with Gasteiger partial charge >= 0.3 is 5.69 Å². The van der Waals surface area contributed by atoms with Gasteiger partial charge in [0.1, 0.15) is 0 Å². The lowest BCUT2D eigenvalue weighted by Crippen LogP contribution is -2.47. The molecule has 1 aromatic rings. The molecule has 2 atom stereocenters. The number of hydrogen-bond donors (Lipinski definition) is 1. The molecule has 6 heteroatoms. The molecule has 1 fully saturated rings. The van der Waals surface area contributed by atoms with Gasteiger partial charge in [0, 0.05) is 31.4 Å². The van der Waals surface area contributed by atoms with E-state index in [0.29, 0.717) is 18.3 Å². The molecule has 0 saturated carbocycles. The highest BCUT2D eigenvalue weighted by Gasteiger charge is 2.31. The smallest absolute Gasteiger partial charge is 0.311 e. The van der Waals surface area contributed by atoms with Gasteiger partial charge in [-0.3, -0.25) is 10.1 Å². The summed E-state index contributed by atoms with van der Waals surface area (Å²) in [5.74, 6) is 1.12. The molecule has 0 radical (unpaired) electrons. The minimum Gasteiger partial charge on any atom is -0.347 e. The molecule has 0 aromatic carbocycles. The Balaban J connectivity index is 2.28. The fraction of sp³-hybridized carbons (Fsp3) is 0.615. The van der Waals surface area contributed by atoms with Crippen LogP contribution in [0.5, 0.6) is 0 Å². The summed E-state index contributed by atoms with van der Waals surface area (Å²) in [6.07, 6.45) is 4.76. The van der Waals surface area contributed by atoms with Crippen molar-refractivity contribution in [3.8, 4) is 0 Å². The van der Waals surface area contributed by atoms with Crippen LogP contribution in [-0.4, -0.2) is 29.0 Å². The molecule has 1 saturated heterocycles. The first-order valence-corrected chi connectivity index (χ1v) is 6.73. The standard InChI is InChI=1S/C13H20N4O2/c1-2-10-5-7-16(11(8-10)9-14)13-12(17(18)19)4-3-6-15-13/h3-4,6,10-11H,2,5,7-9,14H2,1H3. The number of aromatic nitrogens is 1. The van der Waals surface area contributed by atoms with E-state index in [1.807, 2.05) is 4.90 Å². The molecule has 1 aliphatic heterocycles. The molecule has 6 nitrogen and oxygen atoms in total. The summed E-state index contributed by atoms with van der Waals surface area (Å²) in [4.78, 5) is 16.9. The minimum absolute atomic E-state index is 0.0656. The van der Waals surface area contributed by atoms with Crippen LogP contribution in [0.15, 0.2) is 18.3 Å². The highest BCUT2D eigenvalue weighted by molar-refractivity contribution is 5.58. The monoisotopic (exact) mass is 264 g/mol. The molecular formula is C13H20N4O2. The van der Waals surface area contributed by atoms with Gasteiger partial charge in [-0.2, -0.15) is 0 Å². The van der Waals surface area contributed by atoms with Crippen molar-refractivity contribution in [2.75, 3.05) is 18.0 Å². The maximum absolute atomic E-state index is 11.1. The second-order valence-electron chi connectivity index (χ2n) is 4.98. The summed E-state index contributed by atoms with van der Waals surface area (Å²) in [5.41, 5.74) is 5.90. The average molecular weight is 264 g/mol. The predicted octanol–water partition coefficient (Wildman–Crippen LogP) is 1.94. The number of piperidine rings is 1. The van der Waals surface area contributed by atoms with Crippen LogP contribution in [0.3, 0.4) is 0 Å². The maximum atomic E-state index is 11.1. The lowest BCUT2D eigenvalue weighted by Gasteiger charge is -2.39. The summed E-state index contributed by atoms with van der Waals surface area (Å²) < 4.78 is 0. The lowest BCUT2D eigenvalue weighted by atomic mass is 9.89. The Kier molecular flexibility index (Phi) is 4.31. The number of pyridine rings is 1. The van der Waals surface area contributed by atoms with Crippen LogP contribution < -0.4 is 10.6 Å². The third-order valence-electron chi connectivity index (χ3n) is 3.91. The largest absolute Gasteiger partial charge is 0.347 e. The zero-order valence-corrected chi connectivity index (χ0v) is 11.2. The highest BCUT2D eigenvalue weighted by atomic mass is 16.6. The molecule has 0 amide bonds. The Morgan fingerprint density at radius 1 is 1.63 bits per heavy atom. The molecule has 104 valence electrons. The van der Waals surface area contributed by atoms with E-state index >= 15 is 0 Å². The van der Waals surface area contributed by atoms with E-state index in [1.165, 1.54) is 6.07 Å². The number of nitro groups is 1. The van der Waals surface area contributed by atoms with Gasteiger partial charge in [0.15, 0.2) is 0 Å². The second-order valence-corrected chi connectivity index (χ2v) is 4.98. The van der Waals surface area contributed by atoms with Gasteiger partial charge in [0.2, 0.25) is 5.82 Å². The van der Waals surface area contributed by atoms with Crippen LogP contribution in [0.4, 0.5) is 11.5 Å². The zero-order chi connectivity index (χ0) is 13.8. The molecule has 19 heavy (non-hydrogen) atoms. The first-order valence-electron chi connectivity index (χ1n) is 6.73. The van der Waals surface area contributed by atoms with Crippen molar-refractivity contribution in [2.24, 2.45) is 11.7 Å². The van der Waals surface area contributed by atoms with Gasteiger partial charge in [0.25, 0.3) is 0 Å². The quantitative estimate of drug-likeness (QED) is 0.663. The Labute approximate surface area is 112 Å². The Bertz CT molecular complexity index is 452. The van der Waals surface area contributed by atoms with E-state index in [4.69, 9.17) is 5.73 Å². The molecule has 2 heterocycles. The van der Waals surface area contributed by atoms with Gasteiger partial charge in [-0.1, -0.05) is 13.3 Å². The summed E-state index contributed by atoms with van der Waals surface area (Å²) in [6.45, 7) is 3.47. The normalized spacial score (nSPS) is 23.4. The molecule has 0 aliphatic carbocycles. The Hall–Kier alpha value is -1.69.